The van der Waals surface area contributed by atoms with Crippen LogP contribution in [0.5, 0.6) is 0 Å². The van der Waals surface area contributed by atoms with Gasteiger partial charge in [-0.3, -0.25) is 14.9 Å². The monoisotopic (exact) mass is 306 g/mol. The molecular weight excluding hydrogens is 292 g/mol. The van der Waals surface area contributed by atoms with Crippen LogP contribution >= 0.6 is 11.3 Å². The molecule has 1 saturated heterocycles. The first-order valence-electron chi connectivity index (χ1n) is 6.62. The second-order valence-electron chi connectivity index (χ2n) is 5.01. The fraction of sp³-hybridized carbons (Fsp3) is 0.385. The van der Waals surface area contributed by atoms with Gasteiger partial charge < -0.3 is 10.6 Å². The molecule has 0 spiro atoms. The number of anilines is 1. The van der Waals surface area contributed by atoms with Gasteiger partial charge in [-0.05, 0) is 19.4 Å². The SMILES string of the molecule is Cc1nc2cc(NCC3CCC(=O)N3)c([N+](=O)[O-])cc2s1. The molecule has 8 heteroatoms. The van der Waals surface area contributed by atoms with Crippen LogP contribution in [0.15, 0.2) is 12.1 Å². The smallest absolute Gasteiger partial charge is 0.293 e. The molecule has 0 aliphatic carbocycles. The Morgan fingerprint density at radius 2 is 2.38 bits per heavy atom. The van der Waals surface area contributed by atoms with Crippen molar-refractivity contribution in [2.45, 2.75) is 25.8 Å². The summed E-state index contributed by atoms with van der Waals surface area (Å²) < 4.78 is 0.805. The highest BCUT2D eigenvalue weighted by molar-refractivity contribution is 7.18. The average molecular weight is 306 g/mol. The van der Waals surface area contributed by atoms with E-state index in [1.54, 1.807) is 12.1 Å². The minimum atomic E-state index is -0.399. The number of hydrogen-bond acceptors (Lipinski definition) is 6. The van der Waals surface area contributed by atoms with Crippen LogP contribution in [0.25, 0.3) is 10.2 Å². The zero-order valence-electron chi connectivity index (χ0n) is 11.4. The number of benzene rings is 1. The Morgan fingerprint density at radius 3 is 3.05 bits per heavy atom. The van der Waals surface area contributed by atoms with E-state index in [0.29, 0.717) is 18.7 Å². The number of aromatic nitrogens is 1. The lowest BCUT2D eigenvalue weighted by Crippen LogP contribution is -2.31. The molecule has 1 aromatic carbocycles. The van der Waals surface area contributed by atoms with Crippen molar-refractivity contribution < 1.29 is 9.72 Å². The number of nitrogens with zero attached hydrogens (tertiary/aromatic N) is 2. The second kappa shape index (κ2) is 5.28. The largest absolute Gasteiger partial charge is 0.377 e. The average Bonchev–Trinajstić information content (AvgIpc) is 2.99. The van der Waals surface area contributed by atoms with E-state index in [0.717, 1.165) is 21.6 Å². The van der Waals surface area contributed by atoms with E-state index in [9.17, 15) is 14.9 Å². The Hall–Kier alpha value is -2.22. The van der Waals surface area contributed by atoms with Crippen molar-refractivity contribution in [2.24, 2.45) is 0 Å². The number of carbonyl (C=O) groups excluding carboxylic acids is 1. The zero-order valence-corrected chi connectivity index (χ0v) is 12.2. The summed E-state index contributed by atoms with van der Waals surface area (Å²) in [7, 11) is 0. The number of aryl methyl sites for hydroxylation is 1. The molecule has 2 heterocycles. The number of hydrogen-bond donors (Lipinski definition) is 2. The van der Waals surface area contributed by atoms with Crippen molar-refractivity contribution >= 4 is 38.8 Å². The Kier molecular flexibility index (Phi) is 3.46. The fourth-order valence-corrected chi connectivity index (χ4v) is 3.28. The van der Waals surface area contributed by atoms with Crippen molar-refractivity contribution in [3.63, 3.8) is 0 Å². The molecule has 7 nitrogen and oxygen atoms in total. The first kappa shape index (κ1) is 13.7. The summed E-state index contributed by atoms with van der Waals surface area (Å²) in [6.45, 7) is 2.35. The van der Waals surface area contributed by atoms with Crippen LogP contribution < -0.4 is 10.6 Å². The summed E-state index contributed by atoms with van der Waals surface area (Å²) in [5, 5.41) is 18.0. The molecule has 0 radical (unpaired) electrons. The second-order valence-corrected chi connectivity index (χ2v) is 6.25. The maximum Gasteiger partial charge on any atom is 0.293 e. The van der Waals surface area contributed by atoms with Gasteiger partial charge in [0.2, 0.25) is 5.91 Å². The van der Waals surface area contributed by atoms with Gasteiger partial charge in [0.05, 0.1) is 20.1 Å². The summed E-state index contributed by atoms with van der Waals surface area (Å²) >= 11 is 1.44. The Morgan fingerprint density at radius 1 is 1.57 bits per heavy atom. The number of rotatable bonds is 4. The fourth-order valence-electron chi connectivity index (χ4n) is 2.43. The maximum absolute atomic E-state index is 11.2. The highest BCUT2D eigenvalue weighted by Crippen LogP contribution is 2.33. The van der Waals surface area contributed by atoms with Gasteiger partial charge in [-0.2, -0.15) is 0 Å². The van der Waals surface area contributed by atoms with Crippen LogP contribution in [0.3, 0.4) is 0 Å². The van der Waals surface area contributed by atoms with E-state index >= 15 is 0 Å². The summed E-state index contributed by atoms with van der Waals surface area (Å²) in [5.74, 6) is 0.0295. The molecule has 0 bridgehead atoms. The van der Waals surface area contributed by atoms with E-state index in [1.807, 2.05) is 6.92 Å². The van der Waals surface area contributed by atoms with E-state index in [2.05, 4.69) is 15.6 Å². The van der Waals surface area contributed by atoms with Crippen molar-refractivity contribution in [2.75, 3.05) is 11.9 Å². The van der Waals surface area contributed by atoms with Gasteiger partial charge in [-0.1, -0.05) is 0 Å². The van der Waals surface area contributed by atoms with Crippen LogP contribution in [0.4, 0.5) is 11.4 Å². The highest BCUT2D eigenvalue weighted by atomic mass is 32.1. The van der Waals surface area contributed by atoms with Crippen LogP contribution in [0.1, 0.15) is 17.8 Å². The molecule has 1 fully saturated rings. The standard InChI is InChI=1S/C13H14N4O3S/c1-7-15-10-4-9(11(17(19)20)5-12(10)21-7)14-6-8-2-3-13(18)16-8/h4-5,8,14H,2-3,6H2,1H3,(H,16,18). The van der Waals surface area contributed by atoms with Gasteiger partial charge >= 0.3 is 0 Å². The van der Waals surface area contributed by atoms with Crippen LogP contribution in [-0.4, -0.2) is 28.4 Å². The summed E-state index contributed by atoms with van der Waals surface area (Å²) in [6.07, 6.45) is 1.26. The molecule has 1 unspecified atom stereocenters. The molecule has 21 heavy (non-hydrogen) atoms. The van der Waals surface area contributed by atoms with Gasteiger partial charge in [0.1, 0.15) is 5.69 Å². The van der Waals surface area contributed by atoms with Crippen LogP contribution in [0.2, 0.25) is 0 Å². The molecule has 1 atom stereocenters. The molecule has 110 valence electrons. The van der Waals surface area contributed by atoms with E-state index in [-0.39, 0.29) is 17.6 Å². The molecule has 0 saturated carbocycles. The minimum absolute atomic E-state index is 0.0185. The minimum Gasteiger partial charge on any atom is -0.377 e. The number of nitrogens with one attached hydrogen (secondary N) is 2. The van der Waals surface area contributed by atoms with Crippen molar-refractivity contribution in [3.05, 3.63) is 27.3 Å². The third-order valence-corrected chi connectivity index (χ3v) is 4.37. The van der Waals surface area contributed by atoms with E-state index < -0.39 is 4.92 Å². The van der Waals surface area contributed by atoms with Crippen molar-refractivity contribution in [1.29, 1.82) is 0 Å². The number of thiazole rings is 1. The zero-order chi connectivity index (χ0) is 15.0. The van der Waals surface area contributed by atoms with Gasteiger partial charge in [0.25, 0.3) is 5.69 Å². The third-order valence-electron chi connectivity index (χ3n) is 3.43. The molecule has 1 aliphatic rings. The number of carbonyl (C=O) groups is 1. The van der Waals surface area contributed by atoms with Crippen molar-refractivity contribution in [3.8, 4) is 0 Å². The third kappa shape index (κ3) is 2.80. The van der Waals surface area contributed by atoms with E-state index in [1.165, 1.54) is 11.3 Å². The summed E-state index contributed by atoms with van der Waals surface area (Å²) in [6, 6.07) is 3.27. The molecular formula is C13H14N4O3S. The number of fused-ring (bicyclic) bond motifs is 1. The lowest BCUT2D eigenvalue weighted by atomic mass is 10.2. The Labute approximate surface area is 124 Å². The normalized spacial score (nSPS) is 18.0. The van der Waals surface area contributed by atoms with Crippen LogP contribution in [0, 0.1) is 17.0 Å². The molecule has 2 N–H and O–H groups in total. The number of nitro groups is 1. The van der Waals surface area contributed by atoms with Gasteiger partial charge in [-0.15, -0.1) is 11.3 Å². The molecule has 3 rings (SSSR count). The summed E-state index contributed by atoms with van der Waals surface area (Å²) in [5.41, 5.74) is 1.23. The highest BCUT2D eigenvalue weighted by Gasteiger charge is 2.22. The van der Waals surface area contributed by atoms with Crippen molar-refractivity contribution in [1.82, 2.24) is 10.3 Å². The maximum atomic E-state index is 11.2. The first-order chi connectivity index (χ1) is 10.0. The first-order valence-corrected chi connectivity index (χ1v) is 7.43. The Balaban J connectivity index is 1.86. The molecule has 1 amide bonds. The molecule has 1 aliphatic heterocycles. The lowest BCUT2D eigenvalue weighted by molar-refractivity contribution is -0.383. The van der Waals surface area contributed by atoms with Gasteiger partial charge in [0, 0.05) is 25.1 Å². The predicted molar refractivity (Wildman–Crippen MR) is 80.7 cm³/mol. The quantitative estimate of drug-likeness (QED) is 0.666. The Bertz CT molecular complexity index is 728. The molecule has 1 aromatic heterocycles. The van der Waals surface area contributed by atoms with Gasteiger partial charge in [0.15, 0.2) is 0 Å². The number of nitro benzene ring substituents is 1. The van der Waals surface area contributed by atoms with E-state index in [4.69, 9.17) is 0 Å². The predicted octanol–water partition coefficient (Wildman–Crippen LogP) is 2.20. The lowest BCUT2D eigenvalue weighted by Gasteiger charge is -2.12. The number of amides is 1. The van der Waals surface area contributed by atoms with Gasteiger partial charge in [-0.25, -0.2) is 4.98 Å². The van der Waals surface area contributed by atoms with Crippen LogP contribution in [-0.2, 0) is 4.79 Å². The topological polar surface area (TPSA) is 97.2 Å². The summed E-state index contributed by atoms with van der Waals surface area (Å²) in [4.78, 5) is 26.3. The molecule has 2 aromatic rings.